The Bertz CT molecular complexity index is 1210. The second-order valence-corrected chi connectivity index (χ2v) is 7.71. The average Bonchev–Trinajstić information content (AvgIpc) is 3.10. The van der Waals surface area contributed by atoms with Crippen LogP contribution in [-0.4, -0.2) is 22.7 Å². The molecule has 4 rings (SSSR count). The van der Waals surface area contributed by atoms with E-state index in [0.717, 1.165) is 17.3 Å². The van der Waals surface area contributed by atoms with Gasteiger partial charge < -0.3 is 5.32 Å². The minimum atomic E-state index is -0.541. The first-order valence-corrected chi connectivity index (χ1v) is 10.6. The van der Waals surface area contributed by atoms with Gasteiger partial charge in [-0.25, -0.2) is 13.8 Å². The van der Waals surface area contributed by atoms with Crippen LogP contribution >= 0.6 is 11.8 Å². The Balaban J connectivity index is 1.57. The summed E-state index contributed by atoms with van der Waals surface area (Å²) in [6, 6.07) is 20.5. The van der Waals surface area contributed by atoms with Crippen molar-refractivity contribution in [3.63, 3.8) is 0 Å². The van der Waals surface area contributed by atoms with Gasteiger partial charge in [0.1, 0.15) is 17.3 Å². The lowest BCUT2D eigenvalue weighted by atomic mass is 10.2. The minimum absolute atomic E-state index is 0.0718. The van der Waals surface area contributed by atoms with Crippen molar-refractivity contribution in [2.45, 2.75) is 0 Å². The number of carbonyl (C=O) groups excluding carboxylic acids is 2. The van der Waals surface area contributed by atoms with Crippen LogP contribution in [0.25, 0.3) is 6.08 Å². The standard InChI is InChI=1S/C24H17F2N3O2S/c25-17-10-12-18(13-11-17)29-23(31)21(14-16-6-2-1-3-7-16)28-24(29)32-15-22(30)27-20-9-5-4-8-19(20)26/h1-14H,15H2,(H,27,30)/b21-14+. The van der Waals surface area contributed by atoms with Crippen molar-refractivity contribution in [2.24, 2.45) is 4.99 Å². The van der Waals surface area contributed by atoms with Gasteiger partial charge in [-0.3, -0.25) is 14.5 Å². The summed E-state index contributed by atoms with van der Waals surface area (Å²) in [7, 11) is 0. The third kappa shape index (κ3) is 4.92. The first-order chi connectivity index (χ1) is 15.5. The fraction of sp³-hybridized carbons (Fsp3) is 0.0417. The molecule has 1 N–H and O–H groups in total. The Hall–Kier alpha value is -3.78. The number of amidine groups is 1. The molecule has 3 aromatic carbocycles. The first-order valence-electron chi connectivity index (χ1n) is 9.64. The van der Waals surface area contributed by atoms with Crippen molar-refractivity contribution in [1.82, 2.24) is 0 Å². The summed E-state index contributed by atoms with van der Waals surface area (Å²) in [5.74, 6) is -1.92. The van der Waals surface area contributed by atoms with Gasteiger partial charge in [0.2, 0.25) is 5.91 Å². The molecule has 1 heterocycles. The van der Waals surface area contributed by atoms with E-state index in [1.165, 1.54) is 47.4 Å². The Morgan fingerprint density at radius 1 is 0.969 bits per heavy atom. The summed E-state index contributed by atoms with van der Waals surface area (Å²) in [6.45, 7) is 0. The van der Waals surface area contributed by atoms with Gasteiger partial charge in [0, 0.05) is 0 Å². The molecule has 0 fully saturated rings. The van der Waals surface area contributed by atoms with Crippen LogP contribution < -0.4 is 10.2 Å². The molecule has 0 atom stereocenters. The average molecular weight is 449 g/mol. The molecule has 0 aliphatic carbocycles. The molecule has 8 heteroatoms. The molecule has 3 aromatic rings. The number of benzene rings is 3. The van der Waals surface area contributed by atoms with E-state index in [1.807, 2.05) is 30.3 Å². The van der Waals surface area contributed by atoms with Crippen LogP contribution in [0.2, 0.25) is 0 Å². The quantitative estimate of drug-likeness (QED) is 0.553. The van der Waals surface area contributed by atoms with Gasteiger partial charge >= 0.3 is 0 Å². The summed E-state index contributed by atoms with van der Waals surface area (Å²) in [6.07, 6.45) is 1.64. The fourth-order valence-electron chi connectivity index (χ4n) is 3.00. The zero-order valence-electron chi connectivity index (χ0n) is 16.7. The van der Waals surface area contributed by atoms with Crippen molar-refractivity contribution in [3.05, 3.63) is 102 Å². The van der Waals surface area contributed by atoms with Crippen molar-refractivity contribution >= 4 is 46.2 Å². The first kappa shape index (κ1) is 21.5. The lowest BCUT2D eigenvalue weighted by Crippen LogP contribution is -2.31. The highest BCUT2D eigenvalue weighted by Gasteiger charge is 2.32. The fourth-order valence-corrected chi connectivity index (χ4v) is 3.81. The van der Waals surface area contributed by atoms with Gasteiger partial charge in [0.25, 0.3) is 5.91 Å². The summed E-state index contributed by atoms with van der Waals surface area (Å²) in [5, 5.41) is 2.77. The SMILES string of the molecule is O=C(CSC1=N/C(=C/c2ccccc2)C(=O)N1c1ccc(F)cc1)Nc1ccccc1F. The van der Waals surface area contributed by atoms with E-state index in [-0.39, 0.29) is 22.3 Å². The zero-order chi connectivity index (χ0) is 22.5. The Morgan fingerprint density at radius 3 is 2.38 bits per heavy atom. The van der Waals surface area contributed by atoms with Gasteiger partial charge in [-0.1, -0.05) is 54.2 Å². The Kier molecular flexibility index (Phi) is 6.42. The summed E-state index contributed by atoms with van der Waals surface area (Å²) in [5.41, 5.74) is 1.48. The molecular formula is C24H17F2N3O2S. The number of nitrogens with zero attached hydrogens (tertiary/aromatic N) is 2. The number of rotatable bonds is 5. The number of carbonyl (C=O) groups is 2. The van der Waals surface area contributed by atoms with E-state index in [4.69, 9.17) is 0 Å². The molecule has 0 aromatic heterocycles. The highest BCUT2D eigenvalue weighted by molar-refractivity contribution is 8.14. The maximum atomic E-state index is 13.8. The molecular weight excluding hydrogens is 432 g/mol. The Labute approximate surface area is 187 Å². The molecule has 0 bridgehead atoms. The third-order valence-corrected chi connectivity index (χ3v) is 5.44. The third-order valence-electron chi connectivity index (χ3n) is 4.50. The van der Waals surface area contributed by atoms with Crippen LogP contribution in [0.5, 0.6) is 0 Å². The molecule has 0 saturated heterocycles. The van der Waals surface area contributed by atoms with E-state index >= 15 is 0 Å². The number of thioether (sulfide) groups is 1. The molecule has 2 amide bonds. The van der Waals surface area contributed by atoms with Crippen LogP contribution in [0.4, 0.5) is 20.2 Å². The lowest BCUT2D eigenvalue weighted by Gasteiger charge is -2.17. The van der Waals surface area contributed by atoms with Crippen molar-refractivity contribution in [1.29, 1.82) is 0 Å². The summed E-state index contributed by atoms with van der Waals surface area (Å²) < 4.78 is 27.2. The predicted molar refractivity (Wildman–Crippen MR) is 123 cm³/mol. The van der Waals surface area contributed by atoms with Crippen LogP contribution in [0, 0.1) is 11.6 Å². The second-order valence-electron chi connectivity index (χ2n) is 6.77. The van der Waals surface area contributed by atoms with Gasteiger partial charge in [0.15, 0.2) is 5.17 Å². The van der Waals surface area contributed by atoms with Gasteiger partial charge in [-0.15, -0.1) is 0 Å². The van der Waals surface area contributed by atoms with Crippen LogP contribution in [0.15, 0.2) is 89.6 Å². The van der Waals surface area contributed by atoms with E-state index < -0.39 is 23.4 Å². The van der Waals surface area contributed by atoms with Crippen molar-refractivity contribution < 1.29 is 18.4 Å². The van der Waals surface area contributed by atoms with E-state index in [2.05, 4.69) is 10.3 Å². The summed E-state index contributed by atoms with van der Waals surface area (Å²) >= 11 is 1.03. The summed E-state index contributed by atoms with van der Waals surface area (Å²) in [4.78, 5) is 31.2. The molecule has 5 nitrogen and oxygen atoms in total. The molecule has 160 valence electrons. The smallest absolute Gasteiger partial charge is 0.283 e. The monoisotopic (exact) mass is 449 g/mol. The molecule has 0 spiro atoms. The number of hydrogen-bond acceptors (Lipinski definition) is 4. The van der Waals surface area contributed by atoms with E-state index in [0.29, 0.717) is 5.69 Å². The normalized spacial score (nSPS) is 14.6. The number of hydrogen-bond donors (Lipinski definition) is 1. The maximum absolute atomic E-state index is 13.8. The van der Waals surface area contributed by atoms with Crippen LogP contribution in [-0.2, 0) is 9.59 Å². The highest BCUT2D eigenvalue weighted by Crippen LogP contribution is 2.29. The van der Waals surface area contributed by atoms with Gasteiger partial charge in [-0.2, -0.15) is 0 Å². The maximum Gasteiger partial charge on any atom is 0.283 e. The number of aliphatic imine (C=N–C) groups is 1. The van der Waals surface area contributed by atoms with E-state index in [1.54, 1.807) is 12.1 Å². The molecule has 1 aliphatic rings. The number of para-hydroxylation sites is 1. The van der Waals surface area contributed by atoms with Crippen molar-refractivity contribution in [2.75, 3.05) is 16.0 Å². The second kappa shape index (κ2) is 9.57. The van der Waals surface area contributed by atoms with Crippen LogP contribution in [0.3, 0.4) is 0 Å². The number of amides is 2. The number of halogens is 2. The lowest BCUT2D eigenvalue weighted by molar-refractivity contribution is -0.114. The molecule has 1 aliphatic heterocycles. The minimum Gasteiger partial charge on any atom is -0.323 e. The van der Waals surface area contributed by atoms with E-state index in [9.17, 15) is 18.4 Å². The molecule has 0 radical (unpaired) electrons. The number of nitrogens with one attached hydrogen (secondary N) is 1. The topological polar surface area (TPSA) is 61.8 Å². The van der Waals surface area contributed by atoms with Gasteiger partial charge in [0.05, 0.1) is 17.1 Å². The van der Waals surface area contributed by atoms with Crippen LogP contribution in [0.1, 0.15) is 5.56 Å². The molecule has 0 unspecified atom stereocenters. The Morgan fingerprint density at radius 2 is 1.66 bits per heavy atom. The predicted octanol–water partition coefficient (Wildman–Crippen LogP) is 5.08. The van der Waals surface area contributed by atoms with Crippen molar-refractivity contribution in [3.8, 4) is 0 Å². The van der Waals surface area contributed by atoms with Gasteiger partial charge in [-0.05, 0) is 48.0 Å². The highest BCUT2D eigenvalue weighted by atomic mass is 32.2. The molecule has 32 heavy (non-hydrogen) atoms. The molecule has 0 saturated carbocycles. The largest absolute Gasteiger partial charge is 0.323 e. The zero-order valence-corrected chi connectivity index (χ0v) is 17.5. The number of anilines is 2.